The van der Waals surface area contributed by atoms with Crippen molar-refractivity contribution in [2.75, 3.05) is 27.2 Å². The zero-order valence-corrected chi connectivity index (χ0v) is 12.9. The Morgan fingerprint density at radius 2 is 2.19 bits per heavy atom. The van der Waals surface area contributed by atoms with Crippen molar-refractivity contribution in [3.63, 3.8) is 0 Å². The Kier molecular flexibility index (Phi) is 5.11. The first kappa shape index (κ1) is 15.7. The van der Waals surface area contributed by atoms with E-state index in [4.69, 9.17) is 17.3 Å². The highest BCUT2D eigenvalue weighted by atomic mass is 35.5. The highest BCUT2D eigenvalue weighted by molar-refractivity contribution is 6.34. The van der Waals surface area contributed by atoms with Crippen LogP contribution in [-0.4, -0.2) is 57.2 Å². The van der Waals surface area contributed by atoms with Gasteiger partial charge in [-0.15, -0.1) is 0 Å². The molecule has 0 aromatic carbocycles. The lowest BCUT2D eigenvalue weighted by molar-refractivity contribution is 0.102. The van der Waals surface area contributed by atoms with E-state index in [0.717, 1.165) is 6.54 Å². The first-order chi connectivity index (χ1) is 10.0. The fraction of sp³-hybridized carbons (Fsp3) is 0.462. The van der Waals surface area contributed by atoms with Crippen LogP contribution in [0.15, 0.2) is 18.7 Å². The number of ketones is 1. The molecule has 0 fully saturated rings. The molecule has 0 amide bonds. The highest BCUT2D eigenvalue weighted by Gasteiger charge is 2.21. The van der Waals surface area contributed by atoms with Crippen LogP contribution in [-0.2, 0) is 13.1 Å². The third-order valence-electron chi connectivity index (χ3n) is 3.02. The summed E-state index contributed by atoms with van der Waals surface area (Å²) in [5, 5.41) is 4.50. The van der Waals surface area contributed by atoms with Crippen molar-refractivity contribution in [1.29, 1.82) is 0 Å². The number of halogens is 1. The maximum absolute atomic E-state index is 12.5. The van der Waals surface area contributed by atoms with Gasteiger partial charge in [0.25, 0.3) is 0 Å². The molecule has 2 aromatic rings. The molecule has 0 atom stereocenters. The molecule has 114 valence electrons. The van der Waals surface area contributed by atoms with Crippen LogP contribution in [0.25, 0.3) is 0 Å². The van der Waals surface area contributed by atoms with Gasteiger partial charge >= 0.3 is 0 Å². The standard InChI is InChI=1S/C13H19ClN6O/c1-18(2)5-6-20-12(10(14)7-17-20)13(21)11-8-19(4-3-15)9-16-11/h7-9H,3-6,15H2,1-2H3. The topological polar surface area (TPSA) is 82.0 Å². The number of likely N-dealkylation sites (N-methyl/N-ethyl adjacent to an activating group) is 1. The minimum absolute atomic E-state index is 0.230. The SMILES string of the molecule is CN(C)CCn1ncc(Cl)c1C(=O)c1cn(CCN)cn1. The van der Waals surface area contributed by atoms with Crippen LogP contribution in [0.5, 0.6) is 0 Å². The Labute approximate surface area is 128 Å². The Morgan fingerprint density at radius 3 is 2.86 bits per heavy atom. The van der Waals surface area contributed by atoms with Crippen molar-refractivity contribution in [3.8, 4) is 0 Å². The number of carbonyl (C=O) groups is 1. The van der Waals surface area contributed by atoms with Crippen LogP contribution in [0, 0.1) is 0 Å². The molecule has 0 bridgehead atoms. The van der Waals surface area contributed by atoms with Gasteiger partial charge in [-0.25, -0.2) is 4.98 Å². The summed E-state index contributed by atoms with van der Waals surface area (Å²) in [6.45, 7) is 2.46. The number of aromatic nitrogens is 4. The summed E-state index contributed by atoms with van der Waals surface area (Å²) in [5.41, 5.74) is 6.20. The Morgan fingerprint density at radius 1 is 1.43 bits per heavy atom. The van der Waals surface area contributed by atoms with Crippen molar-refractivity contribution in [1.82, 2.24) is 24.2 Å². The second kappa shape index (κ2) is 6.84. The predicted molar refractivity (Wildman–Crippen MR) is 80.5 cm³/mol. The van der Waals surface area contributed by atoms with E-state index >= 15 is 0 Å². The summed E-state index contributed by atoms with van der Waals surface area (Å²) in [7, 11) is 3.92. The average molecular weight is 311 g/mol. The van der Waals surface area contributed by atoms with Crippen LogP contribution in [0.2, 0.25) is 5.02 Å². The van der Waals surface area contributed by atoms with Gasteiger partial charge in [-0.1, -0.05) is 11.6 Å². The predicted octanol–water partition coefficient (Wildman–Crippen LogP) is 0.484. The van der Waals surface area contributed by atoms with Gasteiger partial charge in [0, 0.05) is 25.8 Å². The van der Waals surface area contributed by atoms with Crippen molar-refractivity contribution in [2.24, 2.45) is 5.73 Å². The van der Waals surface area contributed by atoms with Crippen LogP contribution in [0.3, 0.4) is 0 Å². The largest absolute Gasteiger partial charge is 0.335 e. The van der Waals surface area contributed by atoms with Crippen molar-refractivity contribution in [3.05, 3.63) is 35.1 Å². The number of rotatable bonds is 7. The van der Waals surface area contributed by atoms with Gasteiger partial charge < -0.3 is 15.2 Å². The van der Waals surface area contributed by atoms with Crippen LogP contribution >= 0.6 is 11.6 Å². The first-order valence-corrected chi connectivity index (χ1v) is 7.03. The lowest BCUT2D eigenvalue weighted by Gasteiger charge is -2.11. The molecule has 0 unspecified atom stereocenters. The third kappa shape index (κ3) is 3.69. The number of hydrogen-bond acceptors (Lipinski definition) is 5. The quantitative estimate of drug-likeness (QED) is 0.752. The molecule has 21 heavy (non-hydrogen) atoms. The van der Waals surface area contributed by atoms with Gasteiger partial charge in [-0.05, 0) is 14.1 Å². The van der Waals surface area contributed by atoms with Gasteiger partial charge in [0.05, 0.1) is 24.1 Å². The normalized spacial score (nSPS) is 11.3. The number of nitrogens with zero attached hydrogens (tertiary/aromatic N) is 5. The van der Waals surface area contributed by atoms with Gasteiger partial charge in [0.15, 0.2) is 0 Å². The van der Waals surface area contributed by atoms with E-state index in [1.165, 1.54) is 6.20 Å². The summed E-state index contributed by atoms with van der Waals surface area (Å²) in [5.74, 6) is -0.230. The van der Waals surface area contributed by atoms with Gasteiger partial charge in [0.2, 0.25) is 5.78 Å². The Bertz CT molecular complexity index is 618. The van der Waals surface area contributed by atoms with E-state index in [-0.39, 0.29) is 5.78 Å². The summed E-state index contributed by atoms with van der Waals surface area (Å²) in [6.07, 6.45) is 4.75. The second-order valence-corrected chi connectivity index (χ2v) is 5.39. The molecular formula is C13H19ClN6O. The summed E-state index contributed by atoms with van der Waals surface area (Å²) in [4.78, 5) is 18.7. The molecule has 0 saturated heterocycles. The minimum atomic E-state index is -0.230. The number of nitrogens with two attached hydrogens (primary N) is 1. The lowest BCUT2D eigenvalue weighted by atomic mass is 10.2. The third-order valence-corrected chi connectivity index (χ3v) is 3.30. The molecule has 0 saturated carbocycles. The van der Waals surface area contributed by atoms with Gasteiger partial charge in [-0.3, -0.25) is 9.48 Å². The average Bonchev–Trinajstić information content (AvgIpc) is 3.03. The van der Waals surface area contributed by atoms with Crippen LogP contribution in [0.1, 0.15) is 16.2 Å². The molecule has 0 aliphatic rings. The molecule has 0 aliphatic carbocycles. The maximum Gasteiger partial charge on any atom is 0.232 e. The fourth-order valence-electron chi connectivity index (χ4n) is 1.92. The zero-order valence-electron chi connectivity index (χ0n) is 12.2. The fourth-order valence-corrected chi connectivity index (χ4v) is 2.15. The lowest BCUT2D eigenvalue weighted by Crippen LogP contribution is -2.22. The summed E-state index contributed by atoms with van der Waals surface area (Å²) in [6, 6.07) is 0. The summed E-state index contributed by atoms with van der Waals surface area (Å²) >= 11 is 6.10. The monoisotopic (exact) mass is 310 g/mol. The smallest absolute Gasteiger partial charge is 0.232 e. The van der Waals surface area contributed by atoms with E-state index in [1.54, 1.807) is 21.8 Å². The van der Waals surface area contributed by atoms with E-state index < -0.39 is 0 Å². The van der Waals surface area contributed by atoms with E-state index in [1.807, 2.05) is 19.0 Å². The van der Waals surface area contributed by atoms with E-state index in [9.17, 15) is 4.79 Å². The van der Waals surface area contributed by atoms with Crippen LogP contribution in [0.4, 0.5) is 0 Å². The molecule has 0 aliphatic heterocycles. The number of imidazole rings is 1. The molecule has 7 nitrogen and oxygen atoms in total. The molecule has 0 spiro atoms. The van der Waals surface area contributed by atoms with Crippen molar-refractivity contribution < 1.29 is 4.79 Å². The van der Waals surface area contributed by atoms with Gasteiger partial charge in [-0.2, -0.15) is 5.10 Å². The highest BCUT2D eigenvalue weighted by Crippen LogP contribution is 2.18. The Hall–Kier alpha value is -1.70. The second-order valence-electron chi connectivity index (χ2n) is 4.98. The minimum Gasteiger partial charge on any atom is -0.335 e. The number of hydrogen-bond donors (Lipinski definition) is 1. The molecule has 8 heteroatoms. The molecule has 2 aromatic heterocycles. The first-order valence-electron chi connectivity index (χ1n) is 6.65. The zero-order chi connectivity index (χ0) is 15.4. The van der Waals surface area contributed by atoms with Crippen molar-refractivity contribution >= 4 is 17.4 Å². The molecule has 2 N–H and O–H groups in total. The molecule has 2 heterocycles. The van der Waals surface area contributed by atoms with Crippen LogP contribution < -0.4 is 5.73 Å². The maximum atomic E-state index is 12.5. The van der Waals surface area contributed by atoms with E-state index in [2.05, 4.69) is 10.1 Å². The molecular weight excluding hydrogens is 292 g/mol. The summed E-state index contributed by atoms with van der Waals surface area (Å²) < 4.78 is 3.40. The Balaban J connectivity index is 2.23. The molecule has 2 rings (SSSR count). The molecule has 0 radical (unpaired) electrons. The van der Waals surface area contributed by atoms with Crippen molar-refractivity contribution in [2.45, 2.75) is 13.1 Å². The van der Waals surface area contributed by atoms with Gasteiger partial charge in [0.1, 0.15) is 11.4 Å². The van der Waals surface area contributed by atoms with E-state index in [0.29, 0.717) is 36.0 Å². The number of carbonyl (C=O) groups excluding carboxylic acids is 1.